The van der Waals surface area contributed by atoms with Crippen LogP contribution in [0.3, 0.4) is 0 Å². The second-order valence-electron chi connectivity index (χ2n) is 3.09. The highest BCUT2D eigenvalue weighted by Crippen LogP contribution is 2.19. The van der Waals surface area contributed by atoms with Gasteiger partial charge in [0.1, 0.15) is 5.82 Å². The summed E-state index contributed by atoms with van der Waals surface area (Å²) in [6.45, 7) is 0. The maximum Gasteiger partial charge on any atom is 0.338 e. The number of rotatable bonds is 2. The van der Waals surface area contributed by atoms with Crippen LogP contribution in [0.4, 0.5) is 4.39 Å². The zero-order valence-electron chi connectivity index (χ0n) is 8.09. The summed E-state index contributed by atoms with van der Waals surface area (Å²) in [5.74, 6) is -2.07. The summed E-state index contributed by atoms with van der Waals surface area (Å²) in [6.07, 6.45) is 4.47. The van der Waals surface area contributed by atoms with Crippen LogP contribution in [0.5, 0.6) is 0 Å². The third-order valence-electron chi connectivity index (χ3n) is 2.06. The number of carboxylic acid groups (broad SMARTS) is 1. The van der Waals surface area contributed by atoms with Crippen LogP contribution < -0.4 is 0 Å². The van der Waals surface area contributed by atoms with Gasteiger partial charge < -0.3 is 5.11 Å². The molecule has 5 heteroatoms. The van der Waals surface area contributed by atoms with Gasteiger partial charge >= 0.3 is 5.97 Å². The molecule has 1 N–H and O–H groups in total. The van der Waals surface area contributed by atoms with Crippen molar-refractivity contribution in [1.29, 1.82) is 0 Å². The summed E-state index contributed by atoms with van der Waals surface area (Å²) in [5, 5.41) is 8.66. The highest BCUT2D eigenvalue weighted by Gasteiger charge is 2.11. The Kier molecular flexibility index (Phi) is 2.59. The van der Waals surface area contributed by atoms with Gasteiger partial charge in [0, 0.05) is 18.0 Å². The molecule has 0 aliphatic rings. The predicted octanol–water partition coefficient (Wildman–Crippen LogP) is 1.98. The van der Waals surface area contributed by atoms with E-state index >= 15 is 0 Å². The van der Waals surface area contributed by atoms with Crippen molar-refractivity contribution in [1.82, 2.24) is 9.97 Å². The SMILES string of the molecule is O=C(O)c1ccc(-c2cnccn2)cc1F. The topological polar surface area (TPSA) is 63.1 Å². The van der Waals surface area contributed by atoms with Crippen molar-refractivity contribution in [3.8, 4) is 11.3 Å². The Morgan fingerprint density at radius 3 is 2.69 bits per heavy atom. The molecule has 0 saturated heterocycles. The van der Waals surface area contributed by atoms with E-state index in [1.807, 2.05) is 0 Å². The highest BCUT2D eigenvalue weighted by atomic mass is 19.1. The number of aromatic nitrogens is 2. The van der Waals surface area contributed by atoms with Gasteiger partial charge in [-0.25, -0.2) is 9.18 Å². The minimum atomic E-state index is -1.29. The smallest absolute Gasteiger partial charge is 0.338 e. The summed E-state index contributed by atoms with van der Waals surface area (Å²) in [4.78, 5) is 18.4. The summed E-state index contributed by atoms with van der Waals surface area (Å²) in [6, 6.07) is 3.84. The van der Waals surface area contributed by atoms with Crippen LogP contribution in [-0.2, 0) is 0 Å². The Morgan fingerprint density at radius 2 is 2.12 bits per heavy atom. The third-order valence-corrected chi connectivity index (χ3v) is 2.06. The monoisotopic (exact) mass is 218 g/mol. The maximum atomic E-state index is 13.4. The van der Waals surface area contributed by atoms with Crippen molar-refractivity contribution >= 4 is 5.97 Å². The average molecular weight is 218 g/mol. The van der Waals surface area contributed by atoms with Gasteiger partial charge in [0.25, 0.3) is 0 Å². The Balaban J connectivity index is 2.46. The second kappa shape index (κ2) is 4.06. The Bertz CT molecular complexity index is 529. The molecular weight excluding hydrogens is 211 g/mol. The van der Waals surface area contributed by atoms with E-state index in [-0.39, 0.29) is 5.56 Å². The first kappa shape index (κ1) is 10.2. The van der Waals surface area contributed by atoms with Crippen LogP contribution in [0.25, 0.3) is 11.3 Å². The summed E-state index contributed by atoms with van der Waals surface area (Å²) < 4.78 is 13.4. The Morgan fingerprint density at radius 1 is 1.31 bits per heavy atom. The molecule has 0 aliphatic heterocycles. The van der Waals surface area contributed by atoms with E-state index in [1.165, 1.54) is 30.7 Å². The van der Waals surface area contributed by atoms with Gasteiger partial charge in [0.05, 0.1) is 17.5 Å². The Hall–Kier alpha value is -2.30. The van der Waals surface area contributed by atoms with Crippen LogP contribution >= 0.6 is 0 Å². The van der Waals surface area contributed by atoms with Gasteiger partial charge in [0.2, 0.25) is 0 Å². The number of benzene rings is 1. The first-order chi connectivity index (χ1) is 7.68. The Labute approximate surface area is 90.4 Å². The predicted molar refractivity (Wildman–Crippen MR) is 54.4 cm³/mol. The highest BCUT2D eigenvalue weighted by molar-refractivity contribution is 5.88. The molecule has 0 aliphatic carbocycles. The quantitative estimate of drug-likeness (QED) is 0.837. The van der Waals surface area contributed by atoms with Crippen molar-refractivity contribution in [3.63, 3.8) is 0 Å². The molecule has 1 aromatic heterocycles. The molecule has 1 heterocycles. The molecular formula is C11H7FN2O2. The van der Waals surface area contributed by atoms with Crippen LogP contribution in [-0.4, -0.2) is 21.0 Å². The fourth-order valence-corrected chi connectivity index (χ4v) is 1.30. The van der Waals surface area contributed by atoms with Gasteiger partial charge in [-0.05, 0) is 12.1 Å². The number of carboxylic acids is 1. The lowest BCUT2D eigenvalue weighted by Gasteiger charge is -2.02. The largest absolute Gasteiger partial charge is 0.478 e. The van der Waals surface area contributed by atoms with E-state index in [1.54, 1.807) is 0 Å². The van der Waals surface area contributed by atoms with Crippen LogP contribution in [0.15, 0.2) is 36.8 Å². The molecule has 0 saturated carbocycles. The lowest BCUT2D eigenvalue weighted by molar-refractivity contribution is 0.0692. The lowest BCUT2D eigenvalue weighted by Crippen LogP contribution is -2.00. The van der Waals surface area contributed by atoms with Crippen molar-refractivity contribution < 1.29 is 14.3 Å². The number of hydrogen-bond acceptors (Lipinski definition) is 3. The minimum absolute atomic E-state index is 0.354. The second-order valence-corrected chi connectivity index (χ2v) is 3.09. The minimum Gasteiger partial charge on any atom is -0.478 e. The fraction of sp³-hybridized carbons (Fsp3) is 0. The molecule has 0 amide bonds. The van der Waals surface area contributed by atoms with E-state index in [2.05, 4.69) is 9.97 Å². The van der Waals surface area contributed by atoms with Gasteiger partial charge in [-0.1, -0.05) is 6.07 Å². The van der Waals surface area contributed by atoms with E-state index in [0.717, 1.165) is 6.07 Å². The number of aromatic carboxylic acids is 1. The van der Waals surface area contributed by atoms with Crippen molar-refractivity contribution in [2.75, 3.05) is 0 Å². The molecule has 4 nitrogen and oxygen atoms in total. The average Bonchev–Trinajstić information content (AvgIpc) is 2.29. The first-order valence-corrected chi connectivity index (χ1v) is 4.47. The molecule has 0 spiro atoms. The number of nitrogens with zero attached hydrogens (tertiary/aromatic N) is 2. The van der Waals surface area contributed by atoms with E-state index < -0.39 is 11.8 Å². The van der Waals surface area contributed by atoms with Crippen LogP contribution in [0.1, 0.15) is 10.4 Å². The van der Waals surface area contributed by atoms with Crippen molar-refractivity contribution in [2.24, 2.45) is 0 Å². The third kappa shape index (κ3) is 1.88. The fourth-order valence-electron chi connectivity index (χ4n) is 1.30. The molecule has 0 bridgehead atoms. The van der Waals surface area contributed by atoms with Gasteiger partial charge in [-0.2, -0.15) is 0 Å². The molecule has 2 rings (SSSR count). The zero-order chi connectivity index (χ0) is 11.5. The molecule has 2 aromatic rings. The first-order valence-electron chi connectivity index (χ1n) is 4.47. The summed E-state index contributed by atoms with van der Waals surface area (Å²) in [7, 11) is 0. The summed E-state index contributed by atoms with van der Waals surface area (Å²) in [5.41, 5.74) is 0.640. The normalized spacial score (nSPS) is 10.1. The number of carbonyl (C=O) groups is 1. The van der Waals surface area contributed by atoms with Crippen LogP contribution in [0.2, 0.25) is 0 Å². The van der Waals surface area contributed by atoms with E-state index in [0.29, 0.717) is 11.3 Å². The van der Waals surface area contributed by atoms with Crippen molar-refractivity contribution in [2.45, 2.75) is 0 Å². The molecule has 0 fully saturated rings. The summed E-state index contributed by atoms with van der Waals surface area (Å²) >= 11 is 0. The standard InChI is InChI=1S/C11H7FN2O2/c12-9-5-7(1-2-8(9)11(15)16)10-6-13-3-4-14-10/h1-6H,(H,15,16). The van der Waals surface area contributed by atoms with Crippen molar-refractivity contribution in [3.05, 3.63) is 48.2 Å². The molecule has 1 aromatic carbocycles. The van der Waals surface area contributed by atoms with Gasteiger partial charge in [0.15, 0.2) is 0 Å². The number of halogens is 1. The number of hydrogen-bond donors (Lipinski definition) is 1. The van der Waals surface area contributed by atoms with Crippen LogP contribution in [0, 0.1) is 5.82 Å². The zero-order valence-corrected chi connectivity index (χ0v) is 8.09. The lowest BCUT2D eigenvalue weighted by atomic mass is 10.1. The molecule has 0 radical (unpaired) electrons. The van der Waals surface area contributed by atoms with E-state index in [4.69, 9.17) is 5.11 Å². The van der Waals surface area contributed by atoms with Gasteiger partial charge in [-0.15, -0.1) is 0 Å². The van der Waals surface area contributed by atoms with Gasteiger partial charge in [-0.3, -0.25) is 9.97 Å². The maximum absolute atomic E-state index is 13.4. The molecule has 80 valence electrons. The molecule has 16 heavy (non-hydrogen) atoms. The molecule has 0 atom stereocenters. The molecule has 0 unspecified atom stereocenters. The van der Waals surface area contributed by atoms with E-state index in [9.17, 15) is 9.18 Å².